The van der Waals surface area contributed by atoms with E-state index in [-0.39, 0.29) is 17.4 Å². The Kier molecular flexibility index (Phi) is 6.72. The van der Waals surface area contributed by atoms with Gasteiger partial charge in [-0.05, 0) is 32.5 Å². The van der Waals surface area contributed by atoms with Crippen LogP contribution in [0.15, 0.2) is 0 Å². The van der Waals surface area contributed by atoms with Crippen LogP contribution in [0.2, 0.25) is 0 Å². The molecule has 2 N–H and O–H groups in total. The molecule has 0 aromatic carbocycles. The van der Waals surface area contributed by atoms with Gasteiger partial charge in [0.15, 0.2) is 0 Å². The maximum absolute atomic E-state index is 11.9. The van der Waals surface area contributed by atoms with Crippen molar-refractivity contribution in [1.82, 2.24) is 9.80 Å². The second-order valence-electron chi connectivity index (χ2n) is 6.15. The van der Waals surface area contributed by atoms with Crippen LogP contribution in [0.4, 0.5) is 0 Å². The van der Waals surface area contributed by atoms with Crippen LogP contribution in [0, 0.1) is 5.41 Å². The van der Waals surface area contributed by atoms with Gasteiger partial charge in [-0.15, -0.1) is 0 Å². The predicted octanol–water partition coefficient (Wildman–Crippen LogP) is 1.16. The third-order valence-electron chi connectivity index (χ3n) is 3.03. The van der Waals surface area contributed by atoms with E-state index in [1.165, 1.54) is 0 Å². The van der Waals surface area contributed by atoms with Gasteiger partial charge in [-0.25, -0.2) is 0 Å². The van der Waals surface area contributed by atoms with Gasteiger partial charge in [0, 0.05) is 26.1 Å². The van der Waals surface area contributed by atoms with Crippen LogP contribution in [0.1, 0.15) is 33.6 Å². The lowest BCUT2D eigenvalue weighted by molar-refractivity contribution is -0.130. The van der Waals surface area contributed by atoms with Crippen LogP contribution in [-0.2, 0) is 4.79 Å². The van der Waals surface area contributed by atoms with Gasteiger partial charge >= 0.3 is 0 Å². The van der Waals surface area contributed by atoms with E-state index in [1.807, 2.05) is 21.1 Å². The summed E-state index contributed by atoms with van der Waals surface area (Å²) in [6.07, 6.45) is 1.43. The Labute approximate surface area is 106 Å². The van der Waals surface area contributed by atoms with Crippen LogP contribution in [-0.4, -0.2) is 56.0 Å². The average molecular weight is 243 g/mol. The van der Waals surface area contributed by atoms with Crippen molar-refractivity contribution in [3.05, 3.63) is 0 Å². The largest absolute Gasteiger partial charge is 0.346 e. The number of rotatable bonds is 6. The molecule has 4 heteroatoms. The topological polar surface area (TPSA) is 49.6 Å². The van der Waals surface area contributed by atoms with E-state index in [1.54, 1.807) is 4.90 Å². The Bertz CT molecular complexity index is 233. The van der Waals surface area contributed by atoms with Crippen molar-refractivity contribution < 1.29 is 4.79 Å². The molecule has 0 aliphatic carbocycles. The summed E-state index contributed by atoms with van der Waals surface area (Å²) in [4.78, 5) is 15.8. The van der Waals surface area contributed by atoms with E-state index in [0.29, 0.717) is 6.42 Å². The molecule has 1 atom stereocenters. The first-order valence-corrected chi connectivity index (χ1v) is 6.29. The third kappa shape index (κ3) is 7.34. The first-order chi connectivity index (χ1) is 7.64. The highest BCUT2D eigenvalue weighted by Gasteiger charge is 2.24. The van der Waals surface area contributed by atoms with Crippen molar-refractivity contribution in [2.45, 2.75) is 39.7 Å². The number of nitrogens with zero attached hydrogens (tertiary/aromatic N) is 2. The molecule has 102 valence electrons. The summed E-state index contributed by atoms with van der Waals surface area (Å²) in [7, 11) is 5.93. The van der Waals surface area contributed by atoms with E-state index >= 15 is 0 Å². The highest BCUT2D eigenvalue weighted by Crippen LogP contribution is 2.20. The molecule has 0 aromatic rings. The lowest BCUT2D eigenvalue weighted by Crippen LogP contribution is -2.41. The van der Waals surface area contributed by atoms with Gasteiger partial charge in [0.05, 0.1) is 0 Å². The van der Waals surface area contributed by atoms with Crippen LogP contribution >= 0.6 is 0 Å². The Hall–Kier alpha value is -0.610. The molecule has 0 saturated heterocycles. The molecule has 0 spiro atoms. The zero-order valence-electron chi connectivity index (χ0n) is 12.3. The van der Waals surface area contributed by atoms with Crippen LogP contribution in [0.3, 0.4) is 0 Å². The number of carbonyl (C=O) groups excluding carboxylic acids is 1. The number of amides is 1. The van der Waals surface area contributed by atoms with Crippen molar-refractivity contribution in [3.8, 4) is 0 Å². The average Bonchev–Trinajstić information content (AvgIpc) is 2.15. The number of hydrogen-bond donors (Lipinski definition) is 1. The SMILES string of the molecule is CN(C)CCCN(C)C(=O)CC(N)C(C)(C)C. The molecule has 1 unspecified atom stereocenters. The monoisotopic (exact) mass is 243 g/mol. The quantitative estimate of drug-likeness (QED) is 0.761. The minimum Gasteiger partial charge on any atom is -0.346 e. The molecule has 0 aliphatic heterocycles. The Morgan fingerprint density at radius 1 is 1.18 bits per heavy atom. The third-order valence-corrected chi connectivity index (χ3v) is 3.03. The Balaban J connectivity index is 3.98. The number of nitrogens with two attached hydrogens (primary N) is 1. The first-order valence-electron chi connectivity index (χ1n) is 6.29. The summed E-state index contributed by atoms with van der Waals surface area (Å²) < 4.78 is 0. The van der Waals surface area contributed by atoms with E-state index in [0.717, 1.165) is 19.5 Å². The Morgan fingerprint density at radius 3 is 2.12 bits per heavy atom. The molecule has 17 heavy (non-hydrogen) atoms. The van der Waals surface area contributed by atoms with Gasteiger partial charge in [-0.1, -0.05) is 20.8 Å². The van der Waals surface area contributed by atoms with Crippen molar-refractivity contribution >= 4 is 5.91 Å². The van der Waals surface area contributed by atoms with Gasteiger partial charge < -0.3 is 15.5 Å². The summed E-state index contributed by atoms with van der Waals surface area (Å²) in [6, 6.07) is -0.0775. The summed E-state index contributed by atoms with van der Waals surface area (Å²) >= 11 is 0. The highest BCUT2D eigenvalue weighted by molar-refractivity contribution is 5.76. The minimum absolute atomic E-state index is 0.0138. The van der Waals surface area contributed by atoms with Crippen molar-refractivity contribution in [1.29, 1.82) is 0 Å². The van der Waals surface area contributed by atoms with Gasteiger partial charge in [0.1, 0.15) is 0 Å². The van der Waals surface area contributed by atoms with Crippen molar-refractivity contribution in [3.63, 3.8) is 0 Å². The molecular weight excluding hydrogens is 214 g/mol. The lowest BCUT2D eigenvalue weighted by Gasteiger charge is -2.28. The smallest absolute Gasteiger partial charge is 0.223 e. The standard InChI is InChI=1S/C13H29N3O/c1-13(2,3)11(14)10-12(17)16(6)9-7-8-15(4)5/h11H,7-10,14H2,1-6H3. The molecular formula is C13H29N3O. The van der Waals surface area contributed by atoms with E-state index < -0.39 is 0 Å². The number of carbonyl (C=O) groups is 1. The molecule has 0 aromatic heterocycles. The fourth-order valence-electron chi connectivity index (χ4n) is 1.40. The van der Waals surface area contributed by atoms with Gasteiger partial charge in [-0.3, -0.25) is 4.79 Å². The molecule has 4 nitrogen and oxygen atoms in total. The minimum atomic E-state index is -0.0775. The van der Waals surface area contributed by atoms with E-state index in [9.17, 15) is 4.79 Å². The van der Waals surface area contributed by atoms with E-state index in [4.69, 9.17) is 5.73 Å². The molecule has 0 fully saturated rings. The van der Waals surface area contributed by atoms with Crippen LogP contribution in [0.25, 0.3) is 0 Å². The normalized spacial score (nSPS) is 13.9. The van der Waals surface area contributed by atoms with Crippen molar-refractivity contribution in [2.24, 2.45) is 11.1 Å². The molecule has 0 heterocycles. The predicted molar refractivity (Wildman–Crippen MR) is 72.9 cm³/mol. The van der Waals surface area contributed by atoms with Gasteiger partial charge in [0.25, 0.3) is 0 Å². The molecule has 0 aliphatic rings. The number of hydrogen-bond acceptors (Lipinski definition) is 3. The molecule has 0 saturated carbocycles. The second kappa shape index (κ2) is 6.97. The highest BCUT2D eigenvalue weighted by atomic mass is 16.2. The maximum atomic E-state index is 11.9. The van der Waals surface area contributed by atoms with Gasteiger partial charge in [0.2, 0.25) is 5.91 Å². The summed E-state index contributed by atoms with van der Waals surface area (Å²) in [6.45, 7) is 8.00. The van der Waals surface area contributed by atoms with Crippen LogP contribution < -0.4 is 5.73 Å². The first kappa shape index (κ1) is 16.4. The fourth-order valence-corrected chi connectivity index (χ4v) is 1.40. The zero-order chi connectivity index (χ0) is 13.6. The van der Waals surface area contributed by atoms with Gasteiger partial charge in [-0.2, -0.15) is 0 Å². The fraction of sp³-hybridized carbons (Fsp3) is 0.923. The van der Waals surface area contributed by atoms with Crippen LogP contribution in [0.5, 0.6) is 0 Å². The Morgan fingerprint density at radius 2 is 1.71 bits per heavy atom. The summed E-state index contributed by atoms with van der Waals surface area (Å²) in [5, 5.41) is 0. The molecule has 0 rings (SSSR count). The zero-order valence-corrected chi connectivity index (χ0v) is 12.3. The second-order valence-corrected chi connectivity index (χ2v) is 6.15. The lowest BCUT2D eigenvalue weighted by atomic mass is 9.85. The molecule has 1 amide bonds. The summed E-state index contributed by atoms with van der Waals surface area (Å²) in [5.41, 5.74) is 6.00. The maximum Gasteiger partial charge on any atom is 0.223 e. The van der Waals surface area contributed by atoms with E-state index in [2.05, 4.69) is 25.7 Å². The summed E-state index contributed by atoms with van der Waals surface area (Å²) in [5.74, 6) is 0.145. The van der Waals surface area contributed by atoms with Crippen molar-refractivity contribution in [2.75, 3.05) is 34.2 Å². The molecule has 0 bridgehead atoms. The molecule has 0 radical (unpaired) electrons.